The van der Waals surface area contributed by atoms with Crippen LogP contribution in [0.3, 0.4) is 0 Å². The first-order valence-electron chi connectivity index (χ1n) is 8.72. The van der Waals surface area contributed by atoms with Crippen LogP contribution in [-0.2, 0) is 23.1 Å². The van der Waals surface area contributed by atoms with Gasteiger partial charge < -0.3 is 8.83 Å². The Morgan fingerprint density at radius 3 is 2.59 bits per heavy atom. The van der Waals surface area contributed by atoms with Gasteiger partial charge in [0.15, 0.2) is 0 Å². The van der Waals surface area contributed by atoms with Gasteiger partial charge in [-0.3, -0.25) is 0 Å². The molecule has 7 nitrogen and oxygen atoms in total. The van der Waals surface area contributed by atoms with E-state index in [0.29, 0.717) is 11.7 Å². The van der Waals surface area contributed by atoms with Crippen LogP contribution in [0.5, 0.6) is 0 Å². The van der Waals surface area contributed by atoms with Crippen molar-refractivity contribution in [2.24, 2.45) is 0 Å². The average molecular weight is 428 g/mol. The molecule has 3 heterocycles. The number of hydrogen-bond donors (Lipinski definition) is 0. The topological polar surface area (TPSA) is 89.4 Å². The second-order valence-electron chi connectivity index (χ2n) is 6.08. The molecule has 0 radical (unpaired) electrons. The predicted octanol–water partition coefficient (Wildman–Crippen LogP) is 4.39. The van der Waals surface area contributed by atoms with Gasteiger partial charge in [0, 0.05) is 5.41 Å². The van der Waals surface area contributed by atoms with Crippen molar-refractivity contribution < 1.29 is 17.3 Å². The Bertz CT molecular complexity index is 1170. The van der Waals surface area contributed by atoms with Gasteiger partial charge in [-0.05, 0) is 35.2 Å². The number of hydrogen-bond acceptors (Lipinski definition) is 7. The molecule has 3 aromatic heterocycles. The highest BCUT2D eigenvalue weighted by atomic mass is 32.2. The third-order valence-corrected chi connectivity index (χ3v) is 6.33. The molecule has 4 rings (SSSR count). The van der Waals surface area contributed by atoms with Crippen molar-refractivity contribution >= 4 is 27.4 Å². The lowest BCUT2D eigenvalue weighted by molar-refractivity contribution is 0.329. The second-order valence-corrected chi connectivity index (χ2v) is 8.85. The number of rotatable bonds is 8. The van der Waals surface area contributed by atoms with Crippen LogP contribution < -0.4 is 0 Å². The lowest BCUT2D eigenvalue weighted by atomic mass is 10.2. The number of benzene rings is 1. The molecule has 0 saturated heterocycles. The van der Waals surface area contributed by atoms with Crippen molar-refractivity contribution in [1.29, 1.82) is 0 Å². The molecule has 9 heteroatoms. The third-order valence-electron chi connectivity index (χ3n) is 4.01. The molecule has 0 aliphatic heterocycles. The van der Waals surface area contributed by atoms with Gasteiger partial charge in [-0.15, -0.1) is 21.5 Å². The zero-order valence-corrected chi connectivity index (χ0v) is 16.8. The second kappa shape index (κ2) is 8.56. The van der Waals surface area contributed by atoms with Crippen molar-refractivity contribution in [3.63, 3.8) is 0 Å². The van der Waals surface area contributed by atoms with Gasteiger partial charge in [-0.25, -0.2) is 8.42 Å². The highest BCUT2D eigenvalue weighted by molar-refractivity contribution is 7.92. The van der Waals surface area contributed by atoms with Gasteiger partial charge in [0.05, 0.1) is 24.2 Å². The fourth-order valence-electron chi connectivity index (χ4n) is 2.60. The maximum atomic E-state index is 13.0. The molecule has 0 bridgehead atoms. The Labute approximate surface area is 172 Å². The molecule has 29 heavy (non-hydrogen) atoms. The molecule has 0 unspecified atom stereocenters. The van der Waals surface area contributed by atoms with E-state index in [1.807, 2.05) is 47.8 Å². The third kappa shape index (κ3) is 4.89. The Morgan fingerprint density at radius 2 is 1.86 bits per heavy atom. The lowest BCUT2D eigenvalue weighted by Crippen LogP contribution is -2.28. The molecule has 0 saturated carbocycles. The molecule has 4 aromatic rings. The quantitative estimate of drug-likeness (QED) is 0.414. The van der Waals surface area contributed by atoms with Gasteiger partial charge in [0.25, 0.3) is 5.89 Å². The number of furan rings is 1. The normalized spacial score (nSPS) is 12.2. The van der Waals surface area contributed by atoms with Gasteiger partial charge in [0.1, 0.15) is 5.76 Å². The van der Waals surface area contributed by atoms with E-state index in [0.717, 1.165) is 10.4 Å². The fraction of sp³-hybridized carbons (Fsp3) is 0.100. The number of thiophene rings is 1. The monoisotopic (exact) mass is 427 g/mol. The standard InChI is InChI=1S/C20H17N3O4S2/c24-29(25,13-10-16-6-2-1-3-7-16)23(14-17-8-4-11-26-17)15-19-21-22-20(27-19)18-9-5-12-28-18/h1-13H,14-15H2/b13-10+. The maximum Gasteiger partial charge on any atom is 0.257 e. The Kier molecular flexibility index (Phi) is 5.70. The van der Waals surface area contributed by atoms with Crippen LogP contribution in [0.1, 0.15) is 17.2 Å². The van der Waals surface area contributed by atoms with E-state index in [-0.39, 0.29) is 19.0 Å². The minimum absolute atomic E-state index is 0.0468. The van der Waals surface area contributed by atoms with Gasteiger partial charge >= 0.3 is 0 Å². The van der Waals surface area contributed by atoms with Crippen molar-refractivity contribution in [1.82, 2.24) is 14.5 Å². The summed E-state index contributed by atoms with van der Waals surface area (Å²) < 4.78 is 38.2. The van der Waals surface area contributed by atoms with Crippen LogP contribution in [0, 0.1) is 0 Å². The first kappa shape index (κ1) is 19.3. The highest BCUT2D eigenvalue weighted by Gasteiger charge is 2.24. The van der Waals surface area contributed by atoms with Crippen LogP contribution in [0.2, 0.25) is 0 Å². The first-order valence-corrected chi connectivity index (χ1v) is 11.1. The molecular weight excluding hydrogens is 410 g/mol. The summed E-state index contributed by atoms with van der Waals surface area (Å²) in [5.41, 5.74) is 0.784. The van der Waals surface area contributed by atoms with Crippen LogP contribution in [0.25, 0.3) is 16.8 Å². The molecular formula is C20H17N3O4S2. The largest absolute Gasteiger partial charge is 0.468 e. The molecule has 0 N–H and O–H groups in total. The SMILES string of the molecule is O=S(=O)(/C=C/c1ccccc1)N(Cc1ccco1)Cc1nnc(-c2cccs2)o1. The minimum Gasteiger partial charge on any atom is -0.468 e. The Morgan fingerprint density at radius 1 is 1.00 bits per heavy atom. The van der Waals surface area contributed by atoms with Crippen LogP contribution in [-0.4, -0.2) is 22.9 Å². The minimum atomic E-state index is -3.77. The maximum absolute atomic E-state index is 13.0. The van der Waals surface area contributed by atoms with E-state index in [1.54, 1.807) is 18.2 Å². The number of aromatic nitrogens is 2. The summed E-state index contributed by atoms with van der Waals surface area (Å²) in [7, 11) is -3.77. The van der Waals surface area contributed by atoms with E-state index in [4.69, 9.17) is 8.83 Å². The number of sulfonamides is 1. The molecule has 0 fully saturated rings. The summed E-state index contributed by atoms with van der Waals surface area (Å²) in [6.07, 6.45) is 3.05. The van der Waals surface area contributed by atoms with Crippen molar-refractivity contribution in [2.45, 2.75) is 13.1 Å². The van der Waals surface area contributed by atoms with Crippen molar-refractivity contribution in [2.75, 3.05) is 0 Å². The summed E-state index contributed by atoms with van der Waals surface area (Å²) in [6.45, 7) is -0.0221. The van der Waals surface area contributed by atoms with Gasteiger partial charge in [0.2, 0.25) is 15.9 Å². The zero-order valence-electron chi connectivity index (χ0n) is 15.2. The van der Waals surface area contributed by atoms with Gasteiger partial charge in [-0.2, -0.15) is 4.31 Å². The van der Waals surface area contributed by atoms with E-state index in [2.05, 4.69) is 10.2 Å². The van der Waals surface area contributed by atoms with Crippen molar-refractivity contribution in [3.8, 4) is 10.8 Å². The fourth-order valence-corrected chi connectivity index (χ4v) is 4.34. The Hall–Kier alpha value is -3.01. The molecule has 0 spiro atoms. The Balaban J connectivity index is 1.58. The number of nitrogens with zero attached hydrogens (tertiary/aromatic N) is 3. The molecule has 1 aromatic carbocycles. The molecule has 0 atom stereocenters. The first-order chi connectivity index (χ1) is 14.1. The van der Waals surface area contributed by atoms with Crippen molar-refractivity contribution in [3.05, 3.63) is 88.9 Å². The van der Waals surface area contributed by atoms with E-state index in [1.165, 1.54) is 27.3 Å². The van der Waals surface area contributed by atoms with E-state index < -0.39 is 10.0 Å². The molecule has 148 valence electrons. The predicted molar refractivity (Wildman–Crippen MR) is 110 cm³/mol. The summed E-state index contributed by atoms with van der Waals surface area (Å²) in [6, 6.07) is 16.4. The van der Waals surface area contributed by atoms with Crippen LogP contribution in [0.4, 0.5) is 0 Å². The summed E-state index contributed by atoms with van der Waals surface area (Å²) in [4.78, 5) is 0.827. The summed E-state index contributed by atoms with van der Waals surface area (Å²) in [5.74, 6) is 1.08. The van der Waals surface area contributed by atoms with Gasteiger partial charge in [-0.1, -0.05) is 36.4 Å². The summed E-state index contributed by atoms with van der Waals surface area (Å²) >= 11 is 1.47. The highest BCUT2D eigenvalue weighted by Crippen LogP contribution is 2.24. The van der Waals surface area contributed by atoms with Crippen LogP contribution >= 0.6 is 11.3 Å². The van der Waals surface area contributed by atoms with Crippen LogP contribution in [0.15, 0.2) is 80.5 Å². The van der Waals surface area contributed by atoms with E-state index in [9.17, 15) is 8.42 Å². The lowest BCUT2D eigenvalue weighted by Gasteiger charge is -2.17. The molecule has 0 amide bonds. The molecule has 0 aliphatic rings. The molecule has 0 aliphatic carbocycles. The smallest absolute Gasteiger partial charge is 0.257 e. The summed E-state index contributed by atoms with van der Waals surface area (Å²) in [5, 5.41) is 11.1. The van der Waals surface area contributed by atoms with E-state index >= 15 is 0 Å². The zero-order chi connectivity index (χ0) is 20.1. The average Bonchev–Trinajstić information content (AvgIpc) is 3.49.